The largest absolute Gasteiger partial charge is 0.790 e. The van der Waals surface area contributed by atoms with E-state index in [1.807, 2.05) is 0 Å². The summed E-state index contributed by atoms with van der Waals surface area (Å²) in [5.41, 5.74) is 0. The standard InChI is InChI=1S/C6H13O9P/c7-1-3(8)5(10)6(11)4(9)2-15-16(12,13)14/h1,3-6,8-11H,2H2,(H2,12,13,14)/p-2/t3-,4+,5-,6+/m1/s1. The molecular formula is C6H11O9P-2. The van der Waals surface area contributed by atoms with Gasteiger partial charge in [0, 0.05) is 0 Å². The van der Waals surface area contributed by atoms with E-state index >= 15 is 0 Å². The molecule has 0 heterocycles. The number of phosphoric ester groups is 1. The molecule has 0 bridgehead atoms. The summed E-state index contributed by atoms with van der Waals surface area (Å²) in [7, 11) is -5.30. The summed E-state index contributed by atoms with van der Waals surface area (Å²) in [6.07, 6.45) is -8.04. The van der Waals surface area contributed by atoms with Gasteiger partial charge in [-0.05, 0) is 0 Å². The van der Waals surface area contributed by atoms with E-state index in [-0.39, 0.29) is 6.29 Å². The molecule has 10 heteroatoms. The van der Waals surface area contributed by atoms with E-state index in [1.165, 1.54) is 0 Å². The van der Waals surface area contributed by atoms with Crippen molar-refractivity contribution in [2.45, 2.75) is 24.4 Å². The van der Waals surface area contributed by atoms with Crippen LogP contribution in [0.5, 0.6) is 0 Å². The smallest absolute Gasteiger partial charge is 0.151 e. The maximum Gasteiger partial charge on any atom is 0.151 e. The second-order valence-corrected chi connectivity index (χ2v) is 4.07. The van der Waals surface area contributed by atoms with Crippen molar-refractivity contribution in [1.82, 2.24) is 0 Å². The van der Waals surface area contributed by atoms with Crippen LogP contribution in [0.2, 0.25) is 0 Å². The molecule has 0 amide bonds. The molecule has 0 aromatic carbocycles. The molecule has 96 valence electrons. The first kappa shape index (κ1) is 15.6. The molecule has 4 atom stereocenters. The molecule has 0 unspecified atom stereocenters. The minimum atomic E-state index is -5.30. The molecule has 0 aliphatic heterocycles. The van der Waals surface area contributed by atoms with Crippen molar-refractivity contribution in [2.24, 2.45) is 0 Å². The first-order valence-corrected chi connectivity index (χ1v) is 5.49. The van der Waals surface area contributed by atoms with E-state index < -0.39 is 38.8 Å². The molecule has 0 spiro atoms. The van der Waals surface area contributed by atoms with Gasteiger partial charge in [-0.1, -0.05) is 0 Å². The zero-order valence-corrected chi connectivity index (χ0v) is 8.77. The zero-order chi connectivity index (χ0) is 12.9. The highest BCUT2D eigenvalue weighted by atomic mass is 31.2. The van der Waals surface area contributed by atoms with E-state index in [0.29, 0.717) is 0 Å². The molecule has 0 saturated heterocycles. The average Bonchev–Trinajstić information content (AvgIpc) is 2.21. The fraction of sp³-hybridized carbons (Fsp3) is 0.833. The van der Waals surface area contributed by atoms with E-state index in [0.717, 1.165) is 0 Å². The van der Waals surface area contributed by atoms with Crippen molar-refractivity contribution in [2.75, 3.05) is 6.61 Å². The Labute approximate surface area is 90.2 Å². The summed E-state index contributed by atoms with van der Waals surface area (Å²) < 4.78 is 13.6. The Hall–Kier alpha value is -0.380. The number of rotatable bonds is 7. The summed E-state index contributed by atoms with van der Waals surface area (Å²) in [6.45, 7) is -1.09. The van der Waals surface area contributed by atoms with Gasteiger partial charge in [0.1, 0.15) is 24.4 Å². The van der Waals surface area contributed by atoms with E-state index in [9.17, 15) is 19.1 Å². The highest BCUT2D eigenvalue weighted by Gasteiger charge is 2.30. The lowest BCUT2D eigenvalue weighted by Crippen LogP contribution is -2.46. The molecular weight excluding hydrogens is 247 g/mol. The molecule has 16 heavy (non-hydrogen) atoms. The third-order valence-electron chi connectivity index (χ3n) is 1.64. The van der Waals surface area contributed by atoms with Gasteiger partial charge in [0.05, 0.1) is 14.4 Å². The fourth-order valence-corrected chi connectivity index (χ4v) is 1.11. The summed E-state index contributed by atoms with van der Waals surface area (Å²) in [5.74, 6) is 0. The number of phosphoric acid groups is 1. The Bertz CT molecular complexity index is 263. The fourth-order valence-electron chi connectivity index (χ4n) is 0.776. The highest BCUT2D eigenvalue weighted by molar-refractivity contribution is 7.43. The normalized spacial score (nSPS) is 19.9. The van der Waals surface area contributed by atoms with Crippen LogP contribution in [0, 0.1) is 0 Å². The van der Waals surface area contributed by atoms with Crippen LogP contribution in [-0.4, -0.2) is 57.7 Å². The van der Waals surface area contributed by atoms with Gasteiger partial charge >= 0.3 is 0 Å². The van der Waals surface area contributed by atoms with Crippen LogP contribution in [0.4, 0.5) is 0 Å². The van der Waals surface area contributed by atoms with Crippen LogP contribution >= 0.6 is 7.82 Å². The number of aldehydes is 1. The Morgan fingerprint density at radius 3 is 2.06 bits per heavy atom. The monoisotopic (exact) mass is 258 g/mol. The molecule has 0 aliphatic rings. The van der Waals surface area contributed by atoms with Crippen LogP contribution < -0.4 is 9.79 Å². The quantitative estimate of drug-likeness (QED) is 0.259. The molecule has 4 N–H and O–H groups in total. The summed E-state index contributed by atoms with van der Waals surface area (Å²) in [6, 6.07) is 0. The van der Waals surface area contributed by atoms with Gasteiger partial charge in [-0.15, -0.1) is 0 Å². The predicted octanol–water partition coefficient (Wildman–Crippen LogP) is -4.53. The van der Waals surface area contributed by atoms with Gasteiger partial charge < -0.3 is 44.1 Å². The van der Waals surface area contributed by atoms with Crippen molar-refractivity contribution in [3.63, 3.8) is 0 Å². The van der Waals surface area contributed by atoms with Crippen molar-refractivity contribution < 1.29 is 44.1 Å². The maximum atomic E-state index is 10.0. The third-order valence-corrected chi connectivity index (χ3v) is 2.10. The zero-order valence-electron chi connectivity index (χ0n) is 7.87. The van der Waals surface area contributed by atoms with Gasteiger partial charge in [-0.3, -0.25) is 0 Å². The Morgan fingerprint density at radius 1 is 1.19 bits per heavy atom. The lowest BCUT2D eigenvalue weighted by molar-refractivity contribution is -0.343. The molecule has 0 aromatic rings. The third kappa shape index (κ3) is 5.64. The number of carbonyl (C=O) groups is 1. The second-order valence-electron chi connectivity index (χ2n) is 2.92. The van der Waals surface area contributed by atoms with Crippen LogP contribution in [0.3, 0.4) is 0 Å². The van der Waals surface area contributed by atoms with Gasteiger partial charge in [-0.25, -0.2) is 0 Å². The number of aliphatic hydroxyl groups excluding tert-OH is 4. The molecule has 0 aliphatic carbocycles. The van der Waals surface area contributed by atoms with Gasteiger partial charge in [0.25, 0.3) is 0 Å². The summed E-state index contributed by atoms with van der Waals surface area (Å²) in [5, 5.41) is 35.9. The summed E-state index contributed by atoms with van der Waals surface area (Å²) >= 11 is 0. The van der Waals surface area contributed by atoms with Gasteiger partial charge in [-0.2, -0.15) is 0 Å². The highest BCUT2D eigenvalue weighted by Crippen LogP contribution is 2.24. The molecule has 0 aromatic heterocycles. The van der Waals surface area contributed by atoms with Crippen LogP contribution in [0.15, 0.2) is 0 Å². The SMILES string of the molecule is O=C[C@@H](O)[C@@H](O)[C@@H](O)[C@@H](O)COP(=O)([O-])[O-]. The van der Waals surface area contributed by atoms with Crippen LogP contribution in [0.1, 0.15) is 0 Å². The molecule has 0 fully saturated rings. The van der Waals surface area contributed by atoms with Crippen LogP contribution in [-0.2, 0) is 13.9 Å². The first-order chi connectivity index (χ1) is 7.19. The molecule has 0 radical (unpaired) electrons. The molecule has 9 nitrogen and oxygen atoms in total. The number of aliphatic hydroxyl groups is 4. The second kappa shape index (κ2) is 6.38. The minimum Gasteiger partial charge on any atom is -0.790 e. The van der Waals surface area contributed by atoms with E-state index in [2.05, 4.69) is 4.52 Å². The number of hydrogen-bond acceptors (Lipinski definition) is 9. The molecule has 0 rings (SSSR count). The predicted molar refractivity (Wildman–Crippen MR) is 43.6 cm³/mol. The minimum absolute atomic E-state index is 0.0897. The Kier molecular flexibility index (Phi) is 6.23. The van der Waals surface area contributed by atoms with Crippen molar-refractivity contribution in [1.29, 1.82) is 0 Å². The van der Waals surface area contributed by atoms with Crippen molar-refractivity contribution in [3.8, 4) is 0 Å². The van der Waals surface area contributed by atoms with Gasteiger partial charge in [0.2, 0.25) is 0 Å². The summed E-state index contributed by atoms with van der Waals surface area (Å²) in [4.78, 5) is 30.0. The Morgan fingerprint density at radius 2 is 1.69 bits per heavy atom. The maximum absolute atomic E-state index is 10.0. The molecule has 0 saturated carbocycles. The van der Waals surface area contributed by atoms with E-state index in [1.54, 1.807) is 0 Å². The lowest BCUT2D eigenvalue weighted by Gasteiger charge is -2.31. The number of hydrogen-bond donors (Lipinski definition) is 4. The van der Waals surface area contributed by atoms with Crippen molar-refractivity contribution in [3.05, 3.63) is 0 Å². The van der Waals surface area contributed by atoms with Gasteiger partial charge in [0.15, 0.2) is 6.29 Å². The average molecular weight is 258 g/mol. The first-order valence-electron chi connectivity index (χ1n) is 4.03. The van der Waals surface area contributed by atoms with Crippen molar-refractivity contribution >= 4 is 14.1 Å². The lowest BCUT2D eigenvalue weighted by atomic mass is 10.0. The Balaban J connectivity index is 4.22. The number of carbonyl (C=O) groups excluding carboxylic acids is 1. The topological polar surface area (TPSA) is 170 Å². The van der Waals surface area contributed by atoms with Crippen LogP contribution in [0.25, 0.3) is 0 Å². The van der Waals surface area contributed by atoms with E-state index in [4.69, 9.17) is 20.4 Å².